The molecule has 0 radical (unpaired) electrons. The second kappa shape index (κ2) is 17.3. The van der Waals surface area contributed by atoms with Crippen molar-refractivity contribution in [2.75, 3.05) is 13.1 Å². The minimum absolute atomic E-state index is 0.0723. The van der Waals surface area contributed by atoms with Crippen LogP contribution in [0.3, 0.4) is 0 Å². The summed E-state index contributed by atoms with van der Waals surface area (Å²) in [7, 11) is 0. The molecule has 0 aliphatic heterocycles. The van der Waals surface area contributed by atoms with Crippen LogP contribution in [0.5, 0.6) is 0 Å². The molecule has 3 amide bonds. The molecule has 0 saturated carbocycles. The van der Waals surface area contributed by atoms with Crippen LogP contribution in [0.25, 0.3) is 0 Å². The average Bonchev–Trinajstić information content (AvgIpc) is 2.80. The number of carbonyl (C=O) groups excluding carboxylic acids is 3. The summed E-state index contributed by atoms with van der Waals surface area (Å²) >= 11 is 0. The molecule has 0 saturated heterocycles. The zero-order valence-electron chi connectivity index (χ0n) is 21.0. The van der Waals surface area contributed by atoms with Gasteiger partial charge in [0.05, 0.1) is 18.6 Å². The quantitative estimate of drug-likeness (QED) is 0.0435. The lowest BCUT2D eigenvalue weighted by Gasteiger charge is -2.26. The van der Waals surface area contributed by atoms with E-state index >= 15 is 0 Å². The topological polar surface area (TPSA) is 337 Å². The normalized spacial score (nSPS) is 14.5. The van der Waals surface area contributed by atoms with Crippen molar-refractivity contribution in [3.8, 4) is 0 Å². The number of carbonyl (C=O) groups is 5. The number of amides is 3. The van der Waals surface area contributed by atoms with E-state index < -0.39 is 66.4 Å². The standard InChI is InChI=1S/C20H38N10O8/c1-9(31)14(17(36)28-11(18(37)38)5-3-7-27-20(24)25)30-16(35)12(8-13(32)33)29-15(34)10(21)4-2-6-26-19(22)23/h9-12,14,31H,2-8,21H2,1H3,(H,28,36)(H,29,34)(H,30,35)(H,32,33)(H,37,38)(H4,22,23,26)(H4,24,25,27). The number of rotatable bonds is 18. The Hall–Kier alpha value is -4.19. The first-order chi connectivity index (χ1) is 17.6. The van der Waals surface area contributed by atoms with E-state index in [2.05, 4.69) is 25.9 Å². The predicted molar refractivity (Wildman–Crippen MR) is 135 cm³/mol. The third kappa shape index (κ3) is 14.4. The van der Waals surface area contributed by atoms with Gasteiger partial charge in [0, 0.05) is 13.1 Å². The highest BCUT2D eigenvalue weighted by molar-refractivity contribution is 5.95. The fourth-order valence-electron chi connectivity index (χ4n) is 2.99. The molecule has 0 spiro atoms. The monoisotopic (exact) mass is 546 g/mol. The number of guanidine groups is 2. The highest BCUT2D eigenvalue weighted by atomic mass is 16.4. The molecule has 0 aromatic rings. The molecule has 0 heterocycles. The Morgan fingerprint density at radius 3 is 1.71 bits per heavy atom. The Morgan fingerprint density at radius 1 is 0.763 bits per heavy atom. The summed E-state index contributed by atoms with van der Waals surface area (Å²) in [6, 6.07) is -5.86. The van der Waals surface area contributed by atoms with Crippen LogP contribution in [0.15, 0.2) is 9.98 Å². The lowest BCUT2D eigenvalue weighted by atomic mass is 10.1. The fourth-order valence-corrected chi connectivity index (χ4v) is 2.99. The Balaban J connectivity index is 5.33. The van der Waals surface area contributed by atoms with Crippen molar-refractivity contribution in [3.05, 3.63) is 0 Å². The first-order valence-corrected chi connectivity index (χ1v) is 11.6. The van der Waals surface area contributed by atoms with Crippen molar-refractivity contribution in [1.82, 2.24) is 16.0 Å². The summed E-state index contributed by atoms with van der Waals surface area (Å²) in [5, 5.41) is 35.1. The minimum atomic E-state index is -1.68. The zero-order chi connectivity index (χ0) is 29.4. The molecule has 0 rings (SSSR count). The van der Waals surface area contributed by atoms with Gasteiger partial charge in [-0.25, -0.2) is 4.79 Å². The van der Waals surface area contributed by atoms with Gasteiger partial charge in [0.1, 0.15) is 18.1 Å². The molecular formula is C20H38N10O8. The first-order valence-electron chi connectivity index (χ1n) is 11.6. The second-order valence-corrected chi connectivity index (χ2v) is 8.29. The molecule has 5 unspecified atom stereocenters. The van der Waals surface area contributed by atoms with Gasteiger partial charge in [-0.3, -0.25) is 29.2 Å². The Bertz CT molecular complexity index is 887. The lowest BCUT2D eigenvalue weighted by molar-refractivity contribution is -0.144. The second-order valence-electron chi connectivity index (χ2n) is 8.29. The van der Waals surface area contributed by atoms with E-state index in [0.29, 0.717) is 6.42 Å². The molecule has 18 heteroatoms. The SMILES string of the molecule is CC(O)C(NC(=O)C(CC(=O)O)NC(=O)C(N)CCCN=C(N)N)C(=O)NC(CCCN=C(N)N)C(=O)O. The molecule has 0 fully saturated rings. The lowest BCUT2D eigenvalue weighted by Crippen LogP contribution is -2.60. The summed E-state index contributed by atoms with van der Waals surface area (Å²) in [5.41, 5.74) is 26.6. The van der Waals surface area contributed by atoms with Crippen LogP contribution in [-0.4, -0.2) is 100 Å². The van der Waals surface area contributed by atoms with Gasteiger partial charge < -0.3 is 59.9 Å². The van der Waals surface area contributed by atoms with Gasteiger partial charge in [0.2, 0.25) is 17.7 Å². The van der Waals surface area contributed by atoms with Crippen molar-refractivity contribution in [3.63, 3.8) is 0 Å². The Morgan fingerprint density at radius 2 is 1.26 bits per heavy atom. The van der Waals surface area contributed by atoms with Crippen LogP contribution in [0.4, 0.5) is 0 Å². The Labute approximate surface area is 218 Å². The van der Waals surface area contributed by atoms with E-state index in [0.717, 1.165) is 6.92 Å². The maximum Gasteiger partial charge on any atom is 0.326 e. The number of hydrogen-bond acceptors (Lipinski definition) is 9. The van der Waals surface area contributed by atoms with Gasteiger partial charge in [0.15, 0.2) is 11.9 Å². The van der Waals surface area contributed by atoms with E-state index in [9.17, 15) is 34.2 Å². The summed E-state index contributed by atoms with van der Waals surface area (Å²) in [5.74, 6) is -6.18. The van der Waals surface area contributed by atoms with Crippen molar-refractivity contribution in [1.29, 1.82) is 0 Å². The molecule has 0 aromatic carbocycles. The number of aliphatic imine (C=N–C) groups is 2. The number of nitrogens with one attached hydrogen (secondary N) is 3. The number of nitrogens with zero attached hydrogens (tertiary/aromatic N) is 2. The van der Waals surface area contributed by atoms with Gasteiger partial charge >= 0.3 is 11.9 Å². The molecule has 18 nitrogen and oxygen atoms in total. The van der Waals surface area contributed by atoms with E-state index in [-0.39, 0.29) is 44.3 Å². The number of nitrogens with two attached hydrogens (primary N) is 5. The van der Waals surface area contributed by atoms with Crippen LogP contribution in [0.1, 0.15) is 39.0 Å². The van der Waals surface area contributed by atoms with Crippen molar-refractivity contribution in [2.45, 2.75) is 69.3 Å². The maximum absolute atomic E-state index is 12.8. The van der Waals surface area contributed by atoms with Crippen LogP contribution >= 0.6 is 0 Å². The zero-order valence-corrected chi connectivity index (χ0v) is 21.0. The first kappa shape index (κ1) is 33.8. The third-order valence-electron chi connectivity index (χ3n) is 4.94. The average molecular weight is 547 g/mol. The molecular weight excluding hydrogens is 508 g/mol. The van der Waals surface area contributed by atoms with Gasteiger partial charge in [-0.2, -0.15) is 0 Å². The fraction of sp³-hybridized carbons (Fsp3) is 0.650. The van der Waals surface area contributed by atoms with Gasteiger partial charge in [-0.1, -0.05) is 0 Å². The number of carboxylic acids is 2. The van der Waals surface area contributed by atoms with Crippen LogP contribution < -0.4 is 44.6 Å². The molecule has 0 aromatic heterocycles. The van der Waals surface area contributed by atoms with Crippen molar-refractivity contribution < 1.29 is 39.3 Å². The molecule has 0 aliphatic carbocycles. The molecule has 216 valence electrons. The summed E-state index contributed by atoms with van der Waals surface area (Å²) < 4.78 is 0. The maximum atomic E-state index is 12.8. The van der Waals surface area contributed by atoms with E-state index in [1.165, 1.54) is 0 Å². The van der Waals surface area contributed by atoms with E-state index in [1.54, 1.807) is 0 Å². The summed E-state index contributed by atoms with van der Waals surface area (Å²) in [4.78, 5) is 68.1. The van der Waals surface area contributed by atoms with Crippen LogP contribution in [-0.2, 0) is 24.0 Å². The van der Waals surface area contributed by atoms with Crippen molar-refractivity contribution >= 4 is 41.6 Å². The number of carboxylic acid groups (broad SMARTS) is 2. The van der Waals surface area contributed by atoms with Crippen molar-refractivity contribution in [2.24, 2.45) is 38.7 Å². The van der Waals surface area contributed by atoms with Gasteiger partial charge in [-0.15, -0.1) is 0 Å². The minimum Gasteiger partial charge on any atom is -0.481 e. The summed E-state index contributed by atoms with van der Waals surface area (Å²) in [6.45, 7) is 1.45. The van der Waals surface area contributed by atoms with Crippen LogP contribution in [0.2, 0.25) is 0 Å². The number of hydrogen-bond donors (Lipinski definition) is 11. The molecule has 38 heavy (non-hydrogen) atoms. The molecule has 0 bridgehead atoms. The van der Waals surface area contributed by atoms with Gasteiger partial charge in [0.25, 0.3) is 0 Å². The molecule has 0 aliphatic rings. The predicted octanol–water partition coefficient (Wildman–Crippen LogP) is -5.18. The number of aliphatic hydroxyl groups excluding tert-OH is 1. The van der Waals surface area contributed by atoms with E-state index in [4.69, 9.17) is 33.8 Å². The number of aliphatic carboxylic acids is 2. The van der Waals surface area contributed by atoms with Gasteiger partial charge in [-0.05, 0) is 32.6 Å². The smallest absolute Gasteiger partial charge is 0.326 e. The third-order valence-corrected chi connectivity index (χ3v) is 4.94. The summed E-state index contributed by atoms with van der Waals surface area (Å²) in [6.07, 6.45) is -1.83. The molecule has 5 atom stereocenters. The number of aliphatic hydroxyl groups is 1. The highest BCUT2D eigenvalue weighted by Gasteiger charge is 2.33. The largest absolute Gasteiger partial charge is 0.481 e. The van der Waals surface area contributed by atoms with Crippen LogP contribution in [0, 0.1) is 0 Å². The Kier molecular flexibility index (Phi) is 15.4. The molecule has 16 N–H and O–H groups in total. The van der Waals surface area contributed by atoms with E-state index in [1.807, 2.05) is 0 Å². The highest BCUT2D eigenvalue weighted by Crippen LogP contribution is 2.04.